The molecule has 1 aromatic carbocycles. The molecule has 3 rings (SSSR count). The van der Waals surface area contributed by atoms with Gasteiger partial charge in [0.05, 0.1) is 0 Å². The Morgan fingerprint density at radius 2 is 2.22 bits per heavy atom. The van der Waals surface area contributed by atoms with E-state index in [0.717, 1.165) is 28.5 Å². The third-order valence-corrected chi connectivity index (χ3v) is 6.40. The summed E-state index contributed by atoms with van der Waals surface area (Å²) in [6.45, 7) is 5.75. The third kappa shape index (κ3) is 2.90. The van der Waals surface area contributed by atoms with Crippen LogP contribution in [-0.2, 0) is 6.42 Å². The maximum absolute atomic E-state index is 11.2. The van der Waals surface area contributed by atoms with Gasteiger partial charge in [-0.25, -0.2) is 0 Å². The number of nitriles is 1. The van der Waals surface area contributed by atoms with Crippen LogP contribution in [0.2, 0.25) is 0 Å². The second kappa shape index (κ2) is 5.52. The summed E-state index contributed by atoms with van der Waals surface area (Å²) in [6, 6.07) is 5.95. The van der Waals surface area contributed by atoms with Crippen molar-refractivity contribution in [2.45, 2.75) is 39.2 Å². The molecule has 0 unspecified atom stereocenters. The molecule has 0 fully saturated rings. The molecule has 1 aliphatic heterocycles. The van der Waals surface area contributed by atoms with Crippen molar-refractivity contribution >= 4 is 20.5 Å². The van der Waals surface area contributed by atoms with Crippen molar-refractivity contribution in [3.63, 3.8) is 0 Å². The van der Waals surface area contributed by atoms with E-state index in [-0.39, 0.29) is 20.1 Å². The molecule has 1 aliphatic rings. The van der Waals surface area contributed by atoms with Gasteiger partial charge in [0, 0.05) is 0 Å². The van der Waals surface area contributed by atoms with Crippen LogP contribution in [0.1, 0.15) is 46.3 Å². The molecular weight excluding hydrogens is 359 g/mol. The molecule has 118 valence electrons. The summed E-state index contributed by atoms with van der Waals surface area (Å²) in [6.07, 6.45) is 1.72. The van der Waals surface area contributed by atoms with Gasteiger partial charge >= 0.3 is 140 Å². The fraction of sp³-hybridized carbons (Fsp3) is 0.353. The van der Waals surface area contributed by atoms with Crippen LogP contribution in [-0.4, -0.2) is 36.2 Å². The Labute approximate surface area is 140 Å². The van der Waals surface area contributed by atoms with Crippen LogP contribution in [0, 0.1) is 18.3 Å². The normalized spacial score (nSPS) is 15.4. The number of hydrogen-bond donors (Lipinski definition) is 1. The molecule has 0 saturated carbocycles. The average molecular weight is 375 g/mol. The van der Waals surface area contributed by atoms with E-state index in [0.29, 0.717) is 21.4 Å². The molecule has 2 aromatic rings. The number of aryl methyl sites for hydroxylation is 2. The van der Waals surface area contributed by atoms with Gasteiger partial charge in [0.15, 0.2) is 0 Å². The zero-order valence-corrected chi connectivity index (χ0v) is 14.8. The molecule has 23 heavy (non-hydrogen) atoms. The first-order valence-electron chi connectivity index (χ1n) is 7.28. The van der Waals surface area contributed by atoms with Crippen molar-refractivity contribution in [3.8, 4) is 22.0 Å². The number of ether oxygens (including phenoxy) is 1. The van der Waals surface area contributed by atoms with Gasteiger partial charge in [-0.2, -0.15) is 0 Å². The van der Waals surface area contributed by atoms with Crippen LogP contribution >= 0.6 is 0 Å². The average Bonchev–Trinajstić information content (AvgIpc) is 2.87. The Morgan fingerprint density at radius 3 is 2.83 bits per heavy atom. The molecule has 2 heterocycles. The van der Waals surface area contributed by atoms with Gasteiger partial charge in [-0.15, -0.1) is 0 Å². The van der Waals surface area contributed by atoms with Crippen LogP contribution in [0.4, 0.5) is 0 Å². The molecule has 0 amide bonds. The SMILES string of the molecule is Cc1nc(-c2cc(C#N)c3c(c2)CCC(C)(C)O3)[se]c1C(=O)O. The minimum absolute atomic E-state index is 0.274. The summed E-state index contributed by atoms with van der Waals surface area (Å²) in [5.74, 6) is -0.258. The Morgan fingerprint density at radius 1 is 1.48 bits per heavy atom. The first-order valence-corrected chi connectivity index (χ1v) is 8.99. The van der Waals surface area contributed by atoms with Crippen molar-refractivity contribution in [1.82, 2.24) is 4.98 Å². The molecular formula is C17H16N2O3Se. The third-order valence-electron chi connectivity index (χ3n) is 3.90. The van der Waals surface area contributed by atoms with E-state index in [4.69, 9.17) is 4.74 Å². The maximum atomic E-state index is 11.2. The molecule has 0 atom stereocenters. The van der Waals surface area contributed by atoms with Gasteiger partial charge in [0.1, 0.15) is 0 Å². The van der Waals surface area contributed by atoms with Crippen LogP contribution < -0.4 is 4.74 Å². The number of rotatable bonds is 2. The second-order valence-corrected chi connectivity index (χ2v) is 8.32. The second-order valence-electron chi connectivity index (χ2n) is 6.22. The summed E-state index contributed by atoms with van der Waals surface area (Å²) in [7, 11) is 0. The fourth-order valence-electron chi connectivity index (χ4n) is 2.68. The van der Waals surface area contributed by atoms with Gasteiger partial charge < -0.3 is 0 Å². The van der Waals surface area contributed by atoms with Crippen molar-refractivity contribution in [1.29, 1.82) is 5.26 Å². The molecule has 0 radical (unpaired) electrons. The summed E-state index contributed by atoms with van der Waals surface area (Å²) in [5, 5.41) is 18.7. The predicted octanol–water partition coefficient (Wildman–Crippen LogP) is 2.79. The van der Waals surface area contributed by atoms with E-state index in [1.54, 1.807) is 13.0 Å². The molecule has 0 spiro atoms. The standard InChI is InChI=1S/C17H16N2O3Se/c1-9-14(16(20)21)23-15(19-9)11-6-10-4-5-17(2,3)22-13(10)12(7-11)8-18/h6-7H,4-5H2,1-3H3,(H,20,21). The van der Waals surface area contributed by atoms with Gasteiger partial charge in [-0.1, -0.05) is 0 Å². The zero-order chi connectivity index (χ0) is 16.8. The van der Waals surface area contributed by atoms with Crippen LogP contribution in [0.3, 0.4) is 0 Å². The summed E-state index contributed by atoms with van der Waals surface area (Å²) >= 11 is -0.342. The number of aromatic nitrogens is 1. The van der Waals surface area contributed by atoms with E-state index in [9.17, 15) is 15.2 Å². The van der Waals surface area contributed by atoms with Crippen molar-refractivity contribution in [2.75, 3.05) is 0 Å². The topological polar surface area (TPSA) is 83.2 Å². The summed E-state index contributed by atoms with van der Waals surface area (Å²) in [4.78, 5) is 15.6. The number of fused-ring (bicyclic) bond motifs is 1. The Bertz CT molecular complexity index is 846. The number of nitrogens with zero attached hydrogens (tertiary/aromatic N) is 2. The van der Waals surface area contributed by atoms with Crippen LogP contribution in [0.25, 0.3) is 10.1 Å². The van der Waals surface area contributed by atoms with E-state index in [1.807, 2.05) is 19.9 Å². The van der Waals surface area contributed by atoms with Gasteiger partial charge in [-0.05, 0) is 0 Å². The molecule has 0 aliphatic carbocycles. The van der Waals surface area contributed by atoms with Crippen molar-refractivity contribution < 1.29 is 14.6 Å². The van der Waals surface area contributed by atoms with E-state index < -0.39 is 5.97 Å². The molecule has 1 N–H and O–H groups in total. The molecule has 1 aromatic heterocycles. The molecule has 5 nitrogen and oxygen atoms in total. The number of carboxylic acids is 1. The first-order chi connectivity index (χ1) is 10.8. The first kappa shape index (κ1) is 15.8. The molecule has 0 saturated heterocycles. The number of hydrogen-bond acceptors (Lipinski definition) is 4. The van der Waals surface area contributed by atoms with Gasteiger partial charge in [-0.3, -0.25) is 0 Å². The monoisotopic (exact) mass is 376 g/mol. The quantitative estimate of drug-likeness (QED) is 0.817. The van der Waals surface area contributed by atoms with E-state index in [1.165, 1.54) is 0 Å². The van der Waals surface area contributed by atoms with E-state index in [2.05, 4.69) is 11.1 Å². The van der Waals surface area contributed by atoms with E-state index >= 15 is 0 Å². The van der Waals surface area contributed by atoms with Crippen molar-refractivity contribution in [2.24, 2.45) is 0 Å². The summed E-state index contributed by atoms with van der Waals surface area (Å²) in [5.41, 5.74) is 2.60. The van der Waals surface area contributed by atoms with Crippen molar-refractivity contribution in [3.05, 3.63) is 33.4 Å². The Hall–Kier alpha value is -2.09. The molecule has 6 heteroatoms. The van der Waals surface area contributed by atoms with Crippen LogP contribution in [0.5, 0.6) is 5.75 Å². The molecule has 0 bridgehead atoms. The predicted molar refractivity (Wildman–Crippen MR) is 86.1 cm³/mol. The number of aromatic carboxylic acids is 1. The fourth-order valence-corrected chi connectivity index (χ4v) is 4.56. The van der Waals surface area contributed by atoms with Gasteiger partial charge in [0.25, 0.3) is 0 Å². The summed E-state index contributed by atoms with van der Waals surface area (Å²) < 4.78 is 7.11. The Balaban J connectivity index is 2.11. The van der Waals surface area contributed by atoms with Crippen LogP contribution in [0.15, 0.2) is 12.1 Å². The zero-order valence-electron chi connectivity index (χ0n) is 13.1. The number of carbonyl (C=O) groups is 1. The minimum atomic E-state index is -0.912. The Kier molecular flexibility index (Phi) is 3.79. The number of carboxylic acid groups (broad SMARTS) is 1. The van der Waals surface area contributed by atoms with Gasteiger partial charge in [0.2, 0.25) is 0 Å². The number of benzene rings is 1.